The third-order valence-electron chi connectivity index (χ3n) is 2.13. The SMILES string of the molecule is CSc1c(OB(O)O)cnc2ccccc12. The number of aromatic nitrogens is 1. The second-order valence-corrected chi connectivity index (χ2v) is 3.93. The lowest BCUT2D eigenvalue weighted by atomic mass is 10.2. The molecule has 2 aromatic rings. The summed E-state index contributed by atoms with van der Waals surface area (Å²) in [5.74, 6) is 0.376. The monoisotopic (exact) mass is 235 g/mol. The van der Waals surface area contributed by atoms with Crippen LogP contribution in [0.15, 0.2) is 35.4 Å². The molecular formula is C10H10BNO3S. The number of fused-ring (bicyclic) bond motifs is 1. The second kappa shape index (κ2) is 4.73. The molecule has 4 nitrogen and oxygen atoms in total. The smallest absolute Gasteiger partial charge is 0.510 e. The zero-order valence-corrected chi connectivity index (χ0v) is 9.44. The van der Waals surface area contributed by atoms with Crippen LogP contribution >= 0.6 is 11.8 Å². The first-order chi connectivity index (χ1) is 7.72. The number of nitrogens with zero attached hydrogens (tertiary/aromatic N) is 1. The van der Waals surface area contributed by atoms with Gasteiger partial charge in [0.25, 0.3) is 0 Å². The Morgan fingerprint density at radius 1 is 1.31 bits per heavy atom. The fourth-order valence-electron chi connectivity index (χ4n) is 1.51. The first kappa shape index (κ1) is 11.3. The Morgan fingerprint density at radius 2 is 2.06 bits per heavy atom. The highest BCUT2D eigenvalue weighted by Crippen LogP contribution is 2.33. The topological polar surface area (TPSA) is 62.6 Å². The van der Waals surface area contributed by atoms with Gasteiger partial charge in [0.15, 0.2) is 0 Å². The third kappa shape index (κ3) is 2.14. The van der Waals surface area contributed by atoms with Crippen LogP contribution in [-0.4, -0.2) is 28.6 Å². The van der Waals surface area contributed by atoms with Crippen LogP contribution in [0, 0.1) is 0 Å². The van der Waals surface area contributed by atoms with Crippen LogP contribution in [0.1, 0.15) is 0 Å². The molecule has 0 saturated heterocycles. The Morgan fingerprint density at radius 3 is 2.75 bits per heavy atom. The maximum atomic E-state index is 8.79. The summed E-state index contributed by atoms with van der Waals surface area (Å²) in [4.78, 5) is 5.03. The summed E-state index contributed by atoms with van der Waals surface area (Å²) in [5.41, 5.74) is 0.853. The number of benzene rings is 1. The van der Waals surface area contributed by atoms with Crippen LogP contribution < -0.4 is 4.65 Å². The largest absolute Gasteiger partial charge is 0.707 e. The molecule has 0 aliphatic rings. The van der Waals surface area contributed by atoms with E-state index in [1.807, 2.05) is 30.5 Å². The number of thioether (sulfide) groups is 1. The van der Waals surface area contributed by atoms with Crippen LogP contribution in [0.4, 0.5) is 0 Å². The lowest BCUT2D eigenvalue weighted by molar-refractivity contribution is 0.285. The predicted molar refractivity (Wildman–Crippen MR) is 64.3 cm³/mol. The van der Waals surface area contributed by atoms with Gasteiger partial charge < -0.3 is 14.7 Å². The molecule has 2 N–H and O–H groups in total. The van der Waals surface area contributed by atoms with Gasteiger partial charge >= 0.3 is 7.32 Å². The maximum absolute atomic E-state index is 8.79. The van der Waals surface area contributed by atoms with E-state index in [1.165, 1.54) is 18.0 Å². The summed E-state index contributed by atoms with van der Waals surface area (Å²) in [6, 6.07) is 7.63. The Hall–Kier alpha value is -1.24. The number of rotatable bonds is 3. The van der Waals surface area contributed by atoms with Crippen LogP contribution in [0.25, 0.3) is 10.9 Å². The molecule has 0 spiro atoms. The van der Waals surface area contributed by atoms with Gasteiger partial charge in [-0.05, 0) is 12.3 Å². The lowest BCUT2D eigenvalue weighted by Gasteiger charge is -2.11. The van der Waals surface area contributed by atoms with Crippen molar-refractivity contribution in [1.82, 2.24) is 4.98 Å². The van der Waals surface area contributed by atoms with Crippen LogP contribution in [0.3, 0.4) is 0 Å². The molecule has 6 heteroatoms. The summed E-state index contributed by atoms with van der Waals surface area (Å²) >= 11 is 1.48. The highest BCUT2D eigenvalue weighted by atomic mass is 32.2. The van der Waals surface area contributed by atoms with Gasteiger partial charge in [-0.15, -0.1) is 11.8 Å². The van der Waals surface area contributed by atoms with Crippen molar-refractivity contribution < 1.29 is 14.7 Å². The standard InChI is InChI=1S/C10H10BNO3S/c1-16-10-7-4-2-3-5-8(7)12-6-9(10)15-11(13)14/h2-6,13-14H,1H3. The van der Waals surface area contributed by atoms with Crippen LogP contribution in [0.2, 0.25) is 0 Å². The molecule has 0 unspecified atom stereocenters. The summed E-state index contributed by atoms with van der Waals surface area (Å²) in [6.07, 6.45) is 3.39. The van der Waals surface area contributed by atoms with Gasteiger partial charge in [0, 0.05) is 5.39 Å². The van der Waals surface area contributed by atoms with E-state index in [9.17, 15) is 0 Å². The summed E-state index contributed by atoms with van der Waals surface area (Å²) in [5, 5.41) is 18.5. The number of hydrogen-bond donors (Lipinski definition) is 2. The quantitative estimate of drug-likeness (QED) is 0.620. The zero-order chi connectivity index (χ0) is 11.5. The van der Waals surface area contributed by atoms with E-state index in [4.69, 9.17) is 14.7 Å². The predicted octanol–water partition coefficient (Wildman–Crippen LogP) is 1.30. The summed E-state index contributed by atoms with van der Waals surface area (Å²) in [7, 11) is -1.83. The highest BCUT2D eigenvalue weighted by Gasteiger charge is 2.16. The molecule has 0 saturated carbocycles. The van der Waals surface area contributed by atoms with Gasteiger partial charge in [0.2, 0.25) is 0 Å². The number of pyridine rings is 1. The van der Waals surface area contributed by atoms with Crippen molar-refractivity contribution >= 4 is 30.0 Å². The van der Waals surface area contributed by atoms with E-state index in [0.717, 1.165) is 15.8 Å². The number of hydrogen-bond acceptors (Lipinski definition) is 5. The van der Waals surface area contributed by atoms with E-state index in [0.29, 0.717) is 5.75 Å². The Kier molecular flexibility index (Phi) is 3.33. The van der Waals surface area contributed by atoms with Gasteiger partial charge in [-0.2, -0.15) is 0 Å². The van der Waals surface area contributed by atoms with E-state index in [2.05, 4.69) is 4.98 Å². The first-order valence-electron chi connectivity index (χ1n) is 4.67. The van der Waals surface area contributed by atoms with E-state index in [-0.39, 0.29) is 0 Å². The number of para-hydroxylation sites is 1. The molecule has 0 fully saturated rings. The van der Waals surface area contributed by atoms with Crippen LogP contribution in [-0.2, 0) is 0 Å². The first-order valence-corrected chi connectivity index (χ1v) is 5.89. The average Bonchev–Trinajstić information content (AvgIpc) is 2.28. The second-order valence-electron chi connectivity index (χ2n) is 3.12. The van der Waals surface area contributed by atoms with E-state index >= 15 is 0 Å². The molecule has 1 aromatic carbocycles. The fraction of sp³-hybridized carbons (Fsp3) is 0.100. The van der Waals surface area contributed by atoms with E-state index in [1.54, 1.807) is 0 Å². The van der Waals surface area contributed by atoms with Crippen molar-refractivity contribution in [2.45, 2.75) is 4.90 Å². The average molecular weight is 235 g/mol. The molecule has 2 rings (SSSR count). The molecule has 0 bridgehead atoms. The molecule has 0 radical (unpaired) electrons. The van der Waals surface area contributed by atoms with Crippen molar-refractivity contribution in [3.63, 3.8) is 0 Å². The molecular weight excluding hydrogens is 225 g/mol. The van der Waals surface area contributed by atoms with Crippen molar-refractivity contribution in [1.29, 1.82) is 0 Å². The molecule has 82 valence electrons. The third-order valence-corrected chi connectivity index (χ3v) is 2.96. The van der Waals surface area contributed by atoms with E-state index < -0.39 is 7.32 Å². The minimum atomic E-state index is -1.83. The Balaban J connectivity index is 2.58. The zero-order valence-electron chi connectivity index (χ0n) is 8.62. The minimum Gasteiger partial charge on any atom is -0.510 e. The summed E-state index contributed by atoms with van der Waals surface area (Å²) < 4.78 is 4.87. The molecule has 0 atom stereocenters. The fourth-order valence-corrected chi connectivity index (χ4v) is 2.20. The Labute approximate surface area is 97.5 Å². The summed E-state index contributed by atoms with van der Waals surface area (Å²) in [6.45, 7) is 0. The minimum absolute atomic E-state index is 0.376. The molecule has 0 aliphatic heterocycles. The van der Waals surface area contributed by atoms with Gasteiger partial charge in [-0.3, -0.25) is 4.98 Å². The molecule has 0 amide bonds. The highest BCUT2D eigenvalue weighted by molar-refractivity contribution is 7.99. The molecule has 1 aromatic heterocycles. The van der Waals surface area contributed by atoms with Gasteiger partial charge in [0.1, 0.15) is 5.75 Å². The van der Waals surface area contributed by atoms with Gasteiger partial charge in [0.05, 0.1) is 16.6 Å². The molecule has 0 aliphatic carbocycles. The van der Waals surface area contributed by atoms with Gasteiger partial charge in [-0.1, -0.05) is 18.2 Å². The molecule has 1 heterocycles. The van der Waals surface area contributed by atoms with Crippen molar-refractivity contribution in [3.05, 3.63) is 30.5 Å². The lowest BCUT2D eigenvalue weighted by Crippen LogP contribution is -2.21. The Bertz CT molecular complexity index is 506. The van der Waals surface area contributed by atoms with Crippen molar-refractivity contribution in [3.8, 4) is 5.75 Å². The van der Waals surface area contributed by atoms with Crippen molar-refractivity contribution in [2.24, 2.45) is 0 Å². The van der Waals surface area contributed by atoms with Crippen molar-refractivity contribution in [2.75, 3.05) is 6.26 Å². The maximum Gasteiger partial charge on any atom is 0.707 e. The molecule has 16 heavy (non-hydrogen) atoms. The van der Waals surface area contributed by atoms with Gasteiger partial charge in [-0.25, -0.2) is 0 Å². The normalized spacial score (nSPS) is 10.4. The van der Waals surface area contributed by atoms with Crippen LogP contribution in [0.5, 0.6) is 5.75 Å².